The molecule has 0 spiro atoms. The van der Waals surface area contributed by atoms with Gasteiger partial charge < -0.3 is 10.1 Å². The van der Waals surface area contributed by atoms with Gasteiger partial charge in [-0.3, -0.25) is 9.47 Å². The molecule has 2 saturated heterocycles. The fourth-order valence-electron chi connectivity index (χ4n) is 3.92. The lowest BCUT2D eigenvalue weighted by Gasteiger charge is -2.35. The molecule has 1 aromatic heterocycles. The van der Waals surface area contributed by atoms with Crippen molar-refractivity contribution in [3.8, 4) is 5.69 Å². The molecule has 0 aliphatic carbocycles. The van der Waals surface area contributed by atoms with Crippen LogP contribution in [0.2, 0.25) is 0 Å². The molecule has 2 aliphatic rings. The molecule has 0 radical (unpaired) electrons. The highest BCUT2D eigenvalue weighted by Gasteiger charge is 2.31. The van der Waals surface area contributed by atoms with Crippen LogP contribution in [0, 0.1) is 6.92 Å². The SMILES string of the molecule is Cc1ncc(CNCC2CN3CCCC3CO2)n1-c1ccccc1. The first-order valence-corrected chi connectivity index (χ1v) is 8.96. The summed E-state index contributed by atoms with van der Waals surface area (Å²) < 4.78 is 8.24. The van der Waals surface area contributed by atoms with Crippen LogP contribution in [-0.4, -0.2) is 52.8 Å². The Kier molecular flexibility index (Phi) is 4.65. The average molecular weight is 326 g/mol. The number of rotatable bonds is 5. The molecule has 3 heterocycles. The predicted molar refractivity (Wildman–Crippen MR) is 94.3 cm³/mol. The number of morpholine rings is 1. The normalized spacial score (nSPS) is 24.2. The summed E-state index contributed by atoms with van der Waals surface area (Å²) in [6.07, 6.45) is 4.89. The second kappa shape index (κ2) is 7.05. The van der Waals surface area contributed by atoms with E-state index in [4.69, 9.17) is 4.74 Å². The molecule has 0 amide bonds. The van der Waals surface area contributed by atoms with E-state index in [-0.39, 0.29) is 0 Å². The number of nitrogens with zero attached hydrogens (tertiary/aromatic N) is 3. The Hall–Kier alpha value is -1.69. The van der Waals surface area contributed by atoms with E-state index in [1.807, 2.05) is 19.2 Å². The fourth-order valence-corrected chi connectivity index (χ4v) is 3.92. The molecular weight excluding hydrogens is 300 g/mol. The summed E-state index contributed by atoms with van der Waals surface area (Å²) in [6.45, 7) is 6.95. The van der Waals surface area contributed by atoms with Gasteiger partial charge in [0.15, 0.2) is 0 Å². The second-order valence-corrected chi connectivity index (χ2v) is 6.84. The van der Waals surface area contributed by atoms with E-state index >= 15 is 0 Å². The number of aromatic nitrogens is 2. The molecule has 128 valence electrons. The molecule has 2 fully saturated rings. The Balaban J connectivity index is 1.35. The van der Waals surface area contributed by atoms with Crippen LogP contribution >= 0.6 is 0 Å². The highest BCUT2D eigenvalue weighted by atomic mass is 16.5. The van der Waals surface area contributed by atoms with Gasteiger partial charge >= 0.3 is 0 Å². The van der Waals surface area contributed by atoms with E-state index in [0.717, 1.165) is 37.8 Å². The smallest absolute Gasteiger partial charge is 0.110 e. The molecule has 2 aromatic rings. The molecule has 1 aromatic carbocycles. The zero-order valence-corrected chi connectivity index (χ0v) is 14.3. The topological polar surface area (TPSA) is 42.3 Å². The van der Waals surface area contributed by atoms with Crippen molar-refractivity contribution in [3.63, 3.8) is 0 Å². The van der Waals surface area contributed by atoms with Crippen molar-refractivity contribution in [2.24, 2.45) is 0 Å². The summed E-state index contributed by atoms with van der Waals surface area (Å²) in [7, 11) is 0. The molecule has 2 atom stereocenters. The summed E-state index contributed by atoms with van der Waals surface area (Å²) in [5.41, 5.74) is 2.35. The molecule has 1 N–H and O–H groups in total. The summed E-state index contributed by atoms with van der Waals surface area (Å²) in [6, 6.07) is 11.1. The van der Waals surface area contributed by atoms with E-state index in [1.54, 1.807) is 0 Å². The number of hydrogen-bond donors (Lipinski definition) is 1. The molecule has 0 saturated carbocycles. The third-order valence-corrected chi connectivity index (χ3v) is 5.17. The van der Waals surface area contributed by atoms with Gasteiger partial charge in [-0.25, -0.2) is 4.98 Å². The zero-order valence-electron chi connectivity index (χ0n) is 14.3. The van der Waals surface area contributed by atoms with Gasteiger partial charge in [0.1, 0.15) is 5.82 Å². The first kappa shape index (κ1) is 15.8. The van der Waals surface area contributed by atoms with Crippen molar-refractivity contribution >= 4 is 0 Å². The van der Waals surface area contributed by atoms with Gasteiger partial charge in [-0.05, 0) is 38.4 Å². The van der Waals surface area contributed by atoms with E-state index in [1.165, 1.54) is 25.1 Å². The summed E-state index contributed by atoms with van der Waals surface area (Å²) in [4.78, 5) is 7.08. The van der Waals surface area contributed by atoms with Crippen LogP contribution in [-0.2, 0) is 11.3 Å². The molecular formula is C19H26N4O. The molecule has 5 heteroatoms. The Bertz CT molecular complexity index is 669. The Morgan fingerprint density at radius 3 is 3.04 bits per heavy atom. The van der Waals surface area contributed by atoms with Crippen molar-refractivity contribution in [2.75, 3.05) is 26.2 Å². The first-order valence-electron chi connectivity index (χ1n) is 8.96. The van der Waals surface area contributed by atoms with Crippen molar-refractivity contribution in [3.05, 3.63) is 48.0 Å². The lowest BCUT2D eigenvalue weighted by Crippen LogP contribution is -2.49. The summed E-state index contributed by atoms with van der Waals surface area (Å²) in [5.74, 6) is 1.02. The number of aryl methyl sites for hydroxylation is 1. The number of imidazole rings is 1. The number of ether oxygens (including phenoxy) is 1. The Morgan fingerprint density at radius 1 is 1.29 bits per heavy atom. The van der Waals surface area contributed by atoms with Gasteiger partial charge in [-0.1, -0.05) is 18.2 Å². The third-order valence-electron chi connectivity index (χ3n) is 5.17. The predicted octanol–water partition coefficient (Wildman–Crippen LogP) is 2.13. The van der Waals surface area contributed by atoms with Crippen LogP contribution in [0.1, 0.15) is 24.4 Å². The average Bonchev–Trinajstić information content (AvgIpc) is 3.22. The van der Waals surface area contributed by atoms with Gasteiger partial charge in [0.25, 0.3) is 0 Å². The monoisotopic (exact) mass is 326 g/mol. The number of hydrogen-bond acceptors (Lipinski definition) is 4. The third kappa shape index (κ3) is 3.24. The first-order chi connectivity index (χ1) is 11.8. The zero-order chi connectivity index (χ0) is 16.4. The van der Waals surface area contributed by atoms with Crippen LogP contribution < -0.4 is 5.32 Å². The van der Waals surface area contributed by atoms with E-state index in [0.29, 0.717) is 12.1 Å². The maximum atomic E-state index is 6.02. The minimum Gasteiger partial charge on any atom is -0.374 e. The van der Waals surface area contributed by atoms with Gasteiger partial charge in [0, 0.05) is 31.4 Å². The minimum atomic E-state index is 0.300. The van der Waals surface area contributed by atoms with Crippen LogP contribution in [0.4, 0.5) is 0 Å². The van der Waals surface area contributed by atoms with Gasteiger partial charge in [-0.15, -0.1) is 0 Å². The highest BCUT2D eigenvalue weighted by molar-refractivity contribution is 5.35. The van der Waals surface area contributed by atoms with Crippen LogP contribution in [0.15, 0.2) is 36.5 Å². The molecule has 0 bridgehead atoms. The van der Waals surface area contributed by atoms with Crippen LogP contribution in [0.25, 0.3) is 5.69 Å². The second-order valence-electron chi connectivity index (χ2n) is 6.84. The van der Waals surface area contributed by atoms with Gasteiger partial charge in [0.2, 0.25) is 0 Å². The lowest BCUT2D eigenvalue weighted by molar-refractivity contribution is -0.0470. The van der Waals surface area contributed by atoms with Crippen LogP contribution in [0.3, 0.4) is 0 Å². The standard InChI is InChI=1S/C19H26N4O/c1-15-21-11-18(23(15)16-6-3-2-4-7-16)10-20-12-19-13-22-9-5-8-17(22)14-24-19/h2-4,6-7,11,17,19-20H,5,8-10,12-14H2,1H3. The highest BCUT2D eigenvalue weighted by Crippen LogP contribution is 2.22. The van der Waals surface area contributed by atoms with Crippen molar-refractivity contribution in [1.82, 2.24) is 19.8 Å². The van der Waals surface area contributed by atoms with Crippen molar-refractivity contribution < 1.29 is 4.74 Å². The lowest BCUT2D eigenvalue weighted by atomic mass is 10.2. The number of benzene rings is 1. The molecule has 5 nitrogen and oxygen atoms in total. The van der Waals surface area contributed by atoms with E-state index in [9.17, 15) is 0 Å². The summed E-state index contributed by atoms with van der Waals surface area (Å²) in [5, 5.41) is 3.56. The largest absolute Gasteiger partial charge is 0.374 e. The van der Waals surface area contributed by atoms with E-state index in [2.05, 4.69) is 44.0 Å². The molecule has 4 rings (SSSR count). The maximum absolute atomic E-state index is 6.02. The summed E-state index contributed by atoms with van der Waals surface area (Å²) >= 11 is 0. The maximum Gasteiger partial charge on any atom is 0.110 e. The number of nitrogens with one attached hydrogen (secondary N) is 1. The quantitative estimate of drug-likeness (QED) is 0.914. The molecule has 24 heavy (non-hydrogen) atoms. The van der Waals surface area contributed by atoms with Crippen LogP contribution in [0.5, 0.6) is 0 Å². The number of fused-ring (bicyclic) bond motifs is 1. The molecule has 2 unspecified atom stereocenters. The van der Waals surface area contributed by atoms with Crippen molar-refractivity contribution in [2.45, 2.75) is 38.5 Å². The Labute approximate surface area is 143 Å². The minimum absolute atomic E-state index is 0.300. The fraction of sp³-hybridized carbons (Fsp3) is 0.526. The van der Waals surface area contributed by atoms with Crippen molar-refractivity contribution in [1.29, 1.82) is 0 Å². The molecule has 2 aliphatic heterocycles. The van der Waals surface area contributed by atoms with Gasteiger partial charge in [0.05, 0.1) is 24.6 Å². The Morgan fingerprint density at radius 2 is 2.17 bits per heavy atom. The van der Waals surface area contributed by atoms with E-state index < -0.39 is 0 Å². The van der Waals surface area contributed by atoms with Gasteiger partial charge in [-0.2, -0.15) is 0 Å². The number of para-hydroxylation sites is 1.